The van der Waals surface area contributed by atoms with Gasteiger partial charge in [-0.15, -0.1) is 0 Å². The number of benzene rings is 2. The van der Waals surface area contributed by atoms with Crippen LogP contribution in [0.25, 0.3) is 0 Å². The van der Waals surface area contributed by atoms with Crippen molar-refractivity contribution in [2.24, 2.45) is 0 Å². The molecule has 2 aromatic rings. The van der Waals surface area contributed by atoms with Gasteiger partial charge in [0.05, 0.1) is 13.5 Å². The summed E-state index contributed by atoms with van der Waals surface area (Å²) in [5.74, 6) is 0.133. The first-order valence-corrected chi connectivity index (χ1v) is 5.86. The molecule has 0 heterocycles. The average molecular weight is 259 g/mol. The minimum absolute atomic E-state index is 0.196. The first kappa shape index (κ1) is 13.1. The second-order valence-corrected chi connectivity index (χ2v) is 4.09. The molecule has 19 heavy (non-hydrogen) atoms. The molecule has 3 nitrogen and oxygen atoms in total. The zero-order chi connectivity index (χ0) is 13.7. The molecular formula is C15H14FNO2. The van der Waals surface area contributed by atoms with E-state index in [9.17, 15) is 9.18 Å². The molecule has 0 fully saturated rings. The van der Waals surface area contributed by atoms with Gasteiger partial charge in [0.1, 0.15) is 11.6 Å². The molecule has 0 spiro atoms. The van der Waals surface area contributed by atoms with Crippen LogP contribution < -0.4 is 10.1 Å². The van der Waals surface area contributed by atoms with E-state index in [1.54, 1.807) is 25.3 Å². The molecule has 2 rings (SSSR count). The SMILES string of the molecule is COc1cccc(CC(=O)Nc2cccc(F)c2)c1. The Kier molecular flexibility index (Phi) is 4.13. The number of ether oxygens (including phenoxy) is 1. The van der Waals surface area contributed by atoms with Gasteiger partial charge in [-0.25, -0.2) is 4.39 Å². The van der Waals surface area contributed by atoms with Crippen molar-refractivity contribution < 1.29 is 13.9 Å². The first-order valence-electron chi connectivity index (χ1n) is 5.86. The minimum Gasteiger partial charge on any atom is -0.497 e. The van der Waals surface area contributed by atoms with Gasteiger partial charge in [0.15, 0.2) is 0 Å². The summed E-state index contributed by atoms with van der Waals surface area (Å²) in [4.78, 5) is 11.8. The molecule has 1 amide bonds. The molecule has 4 heteroatoms. The summed E-state index contributed by atoms with van der Waals surface area (Å²) in [5.41, 5.74) is 1.29. The maximum atomic E-state index is 13.0. The fourth-order valence-corrected chi connectivity index (χ4v) is 1.74. The van der Waals surface area contributed by atoms with E-state index in [0.717, 1.165) is 5.56 Å². The van der Waals surface area contributed by atoms with E-state index in [1.165, 1.54) is 12.1 Å². The molecule has 0 radical (unpaired) electrons. The third-order valence-corrected chi connectivity index (χ3v) is 2.61. The lowest BCUT2D eigenvalue weighted by molar-refractivity contribution is -0.115. The van der Waals surface area contributed by atoms with Gasteiger partial charge in [0.2, 0.25) is 5.91 Å². The number of hydrogen-bond acceptors (Lipinski definition) is 2. The second kappa shape index (κ2) is 6.00. The fourth-order valence-electron chi connectivity index (χ4n) is 1.74. The Morgan fingerprint density at radius 2 is 2.00 bits per heavy atom. The number of nitrogens with one attached hydrogen (secondary N) is 1. The van der Waals surface area contributed by atoms with Crippen LogP contribution in [0.1, 0.15) is 5.56 Å². The predicted octanol–water partition coefficient (Wildman–Crippen LogP) is 3.02. The average Bonchev–Trinajstić information content (AvgIpc) is 2.38. The van der Waals surface area contributed by atoms with E-state index in [0.29, 0.717) is 11.4 Å². The Hall–Kier alpha value is -2.36. The predicted molar refractivity (Wildman–Crippen MR) is 71.7 cm³/mol. The number of halogens is 1. The maximum Gasteiger partial charge on any atom is 0.228 e. The van der Waals surface area contributed by atoms with Crippen LogP contribution in [-0.4, -0.2) is 13.0 Å². The molecule has 0 aliphatic heterocycles. The number of methoxy groups -OCH3 is 1. The lowest BCUT2D eigenvalue weighted by Crippen LogP contribution is -2.14. The summed E-state index contributed by atoms with van der Waals surface area (Å²) in [6, 6.07) is 13.1. The normalized spacial score (nSPS) is 10.0. The van der Waals surface area contributed by atoms with Crippen molar-refractivity contribution >= 4 is 11.6 Å². The van der Waals surface area contributed by atoms with Crippen LogP contribution in [0.5, 0.6) is 5.75 Å². The molecule has 0 saturated heterocycles. The summed E-state index contributed by atoms with van der Waals surface area (Å²) < 4.78 is 18.1. The molecule has 0 unspecified atom stereocenters. The molecule has 2 aromatic carbocycles. The molecule has 98 valence electrons. The largest absolute Gasteiger partial charge is 0.497 e. The highest BCUT2D eigenvalue weighted by Crippen LogP contribution is 2.14. The molecule has 0 aliphatic carbocycles. The molecule has 1 N–H and O–H groups in total. The lowest BCUT2D eigenvalue weighted by atomic mass is 10.1. The highest BCUT2D eigenvalue weighted by Gasteiger charge is 2.05. The van der Waals surface area contributed by atoms with Crippen molar-refractivity contribution in [1.29, 1.82) is 0 Å². The van der Waals surface area contributed by atoms with Gasteiger partial charge < -0.3 is 10.1 Å². The van der Waals surface area contributed by atoms with Gasteiger partial charge >= 0.3 is 0 Å². The Labute approximate surface area is 111 Å². The molecular weight excluding hydrogens is 245 g/mol. The third kappa shape index (κ3) is 3.81. The van der Waals surface area contributed by atoms with Crippen molar-refractivity contribution in [3.05, 3.63) is 59.9 Å². The Morgan fingerprint density at radius 3 is 2.74 bits per heavy atom. The summed E-state index contributed by atoms with van der Waals surface area (Å²) >= 11 is 0. The zero-order valence-corrected chi connectivity index (χ0v) is 10.5. The van der Waals surface area contributed by atoms with Crippen LogP contribution in [0.15, 0.2) is 48.5 Å². The van der Waals surface area contributed by atoms with Gasteiger partial charge in [-0.2, -0.15) is 0 Å². The topological polar surface area (TPSA) is 38.3 Å². The number of hydrogen-bond donors (Lipinski definition) is 1. The minimum atomic E-state index is -0.376. The number of carbonyl (C=O) groups excluding carboxylic acids is 1. The number of rotatable bonds is 4. The van der Waals surface area contributed by atoms with Gasteiger partial charge in [-0.05, 0) is 35.9 Å². The highest BCUT2D eigenvalue weighted by atomic mass is 19.1. The fraction of sp³-hybridized carbons (Fsp3) is 0.133. The van der Waals surface area contributed by atoms with Crippen molar-refractivity contribution in [1.82, 2.24) is 0 Å². The van der Waals surface area contributed by atoms with Crippen LogP contribution in [0.2, 0.25) is 0 Å². The summed E-state index contributed by atoms with van der Waals surface area (Å²) in [6.45, 7) is 0. The van der Waals surface area contributed by atoms with Crippen LogP contribution in [0, 0.1) is 5.82 Å². The quantitative estimate of drug-likeness (QED) is 0.916. The van der Waals surface area contributed by atoms with E-state index in [1.807, 2.05) is 18.2 Å². The van der Waals surface area contributed by atoms with Crippen molar-refractivity contribution in [2.75, 3.05) is 12.4 Å². The molecule has 0 saturated carbocycles. The molecule has 0 aliphatic rings. The van der Waals surface area contributed by atoms with E-state index >= 15 is 0 Å². The van der Waals surface area contributed by atoms with Crippen molar-refractivity contribution in [3.63, 3.8) is 0 Å². The Balaban J connectivity index is 2.01. The second-order valence-electron chi connectivity index (χ2n) is 4.09. The Morgan fingerprint density at radius 1 is 1.21 bits per heavy atom. The van der Waals surface area contributed by atoms with E-state index in [-0.39, 0.29) is 18.1 Å². The van der Waals surface area contributed by atoms with Gasteiger partial charge in [0, 0.05) is 5.69 Å². The van der Waals surface area contributed by atoms with E-state index in [4.69, 9.17) is 4.74 Å². The molecule has 0 atom stereocenters. The number of carbonyl (C=O) groups is 1. The maximum absolute atomic E-state index is 13.0. The summed E-state index contributed by atoms with van der Waals surface area (Å²) in [5, 5.41) is 2.65. The van der Waals surface area contributed by atoms with Crippen molar-refractivity contribution in [2.45, 2.75) is 6.42 Å². The van der Waals surface area contributed by atoms with Crippen LogP contribution in [-0.2, 0) is 11.2 Å². The summed E-state index contributed by atoms with van der Waals surface area (Å²) in [7, 11) is 1.58. The molecule has 0 bridgehead atoms. The highest BCUT2D eigenvalue weighted by molar-refractivity contribution is 5.92. The first-order chi connectivity index (χ1) is 9.17. The van der Waals surface area contributed by atoms with Crippen LogP contribution in [0.4, 0.5) is 10.1 Å². The lowest BCUT2D eigenvalue weighted by Gasteiger charge is -2.06. The van der Waals surface area contributed by atoms with Crippen molar-refractivity contribution in [3.8, 4) is 5.75 Å². The number of anilines is 1. The van der Waals surface area contributed by atoms with Crippen LogP contribution >= 0.6 is 0 Å². The van der Waals surface area contributed by atoms with Gasteiger partial charge in [0.25, 0.3) is 0 Å². The summed E-state index contributed by atoms with van der Waals surface area (Å²) in [6.07, 6.45) is 0.216. The third-order valence-electron chi connectivity index (χ3n) is 2.61. The smallest absolute Gasteiger partial charge is 0.228 e. The Bertz CT molecular complexity index is 584. The van der Waals surface area contributed by atoms with E-state index in [2.05, 4.69) is 5.32 Å². The monoisotopic (exact) mass is 259 g/mol. The van der Waals surface area contributed by atoms with Gasteiger partial charge in [-0.3, -0.25) is 4.79 Å². The molecule has 0 aromatic heterocycles. The zero-order valence-electron chi connectivity index (χ0n) is 10.5. The number of amides is 1. The van der Waals surface area contributed by atoms with Crippen LogP contribution in [0.3, 0.4) is 0 Å². The van der Waals surface area contributed by atoms with E-state index < -0.39 is 0 Å². The standard InChI is InChI=1S/C15H14FNO2/c1-19-14-7-2-4-11(8-14)9-15(18)17-13-6-3-5-12(16)10-13/h2-8,10H,9H2,1H3,(H,17,18). The van der Waals surface area contributed by atoms with Gasteiger partial charge in [-0.1, -0.05) is 18.2 Å².